The molecule has 0 aliphatic carbocycles. The number of ether oxygens (including phenoxy) is 3. The van der Waals surface area contributed by atoms with Crippen molar-refractivity contribution in [2.75, 3.05) is 19.9 Å². The number of aromatic nitrogens is 1. The van der Waals surface area contributed by atoms with Gasteiger partial charge in [-0.1, -0.05) is 24.3 Å². The van der Waals surface area contributed by atoms with Crippen molar-refractivity contribution in [1.82, 2.24) is 9.88 Å². The second-order valence-corrected chi connectivity index (χ2v) is 7.56. The zero-order valence-corrected chi connectivity index (χ0v) is 16.2. The summed E-state index contributed by atoms with van der Waals surface area (Å²) in [4.78, 5) is 18.4. The highest BCUT2D eigenvalue weighted by Gasteiger charge is 2.28. The van der Waals surface area contributed by atoms with Crippen LogP contribution in [-0.4, -0.2) is 41.8 Å². The molecule has 3 aromatic rings. The van der Waals surface area contributed by atoms with E-state index in [4.69, 9.17) is 14.2 Å². The minimum absolute atomic E-state index is 0.0695. The first-order valence-electron chi connectivity index (χ1n) is 10.1. The third kappa shape index (κ3) is 3.68. The number of carbonyl (C=O) groups excluding carboxylic acids is 1. The van der Waals surface area contributed by atoms with Gasteiger partial charge in [-0.2, -0.15) is 0 Å². The number of fused-ring (bicyclic) bond motifs is 2. The normalized spacial score (nSPS) is 17.7. The summed E-state index contributed by atoms with van der Waals surface area (Å²) in [6.07, 6.45) is 4.24. The van der Waals surface area contributed by atoms with Crippen LogP contribution >= 0.6 is 0 Å². The Labute approximate surface area is 169 Å². The average Bonchev–Trinajstić information content (AvgIpc) is 3.51. The van der Waals surface area contributed by atoms with Gasteiger partial charge in [0.15, 0.2) is 11.5 Å². The first kappa shape index (κ1) is 18.1. The number of benzene rings is 2. The van der Waals surface area contributed by atoms with E-state index in [1.54, 1.807) is 0 Å². The van der Waals surface area contributed by atoms with Crippen molar-refractivity contribution >= 4 is 16.8 Å². The van der Waals surface area contributed by atoms with E-state index >= 15 is 0 Å². The van der Waals surface area contributed by atoms with Crippen LogP contribution in [0.1, 0.15) is 24.0 Å². The van der Waals surface area contributed by atoms with Crippen LogP contribution < -0.4 is 9.47 Å². The molecule has 0 radical (unpaired) electrons. The van der Waals surface area contributed by atoms with E-state index in [0.29, 0.717) is 19.7 Å². The van der Waals surface area contributed by atoms with E-state index < -0.39 is 0 Å². The number of amides is 1. The highest BCUT2D eigenvalue weighted by Crippen LogP contribution is 2.33. The number of hydrogen-bond donors (Lipinski definition) is 1. The lowest BCUT2D eigenvalue weighted by molar-refractivity contribution is -0.141. The van der Waals surface area contributed by atoms with Crippen molar-refractivity contribution in [2.24, 2.45) is 0 Å². The zero-order valence-electron chi connectivity index (χ0n) is 16.2. The minimum atomic E-state index is -0.327. The van der Waals surface area contributed by atoms with E-state index in [0.717, 1.165) is 41.8 Å². The fraction of sp³-hybridized carbons (Fsp3) is 0.348. The van der Waals surface area contributed by atoms with Gasteiger partial charge >= 0.3 is 0 Å². The lowest BCUT2D eigenvalue weighted by Gasteiger charge is -2.25. The number of aromatic amines is 1. The highest BCUT2D eigenvalue weighted by molar-refractivity contribution is 5.83. The van der Waals surface area contributed by atoms with Crippen molar-refractivity contribution in [3.63, 3.8) is 0 Å². The van der Waals surface area contributed by atoms with Crippen molar-refractivity contribution in [2.45, 2.75) is 31.9 Å². The third-order valence-corrected chi connectivity index (χ3v) is 5.65. The number of nitrogens with zero attached hydrogens (tertiary/aromatic N) is 1. The van der Waals surface area contributed by atoms with Crippen LogP contribution in [0, 0.1) is 0 Å². The molecule has 1 atom stereocenters. The predicted octanol–water partition coefficient (Wildman–Crippen LogP) is 3.65. The molecule has 0 saturated carbocycles. The van der Waals surface area contributed by atoms with Crippen LogP contribution in [0.2, 0.25) is 0 Å². The average molecular weight is 392 g/mol. The summed E-state index contributed by atoms with van der Waals surface area (Å²) >= 11 is 0. The Kier molecular flexibility index (Phi) is 4.86. The molecule has 6 heteroatoms. The summed E-state index contributed by atoms with van der Waals surface area (Å²) in [6, 6.07) is 14.1. The number of carbonyl (C=O) groups is 1. The molecular weight excluding hydrogens is 368 g/mol. The van der Waals surface area contributed by atoms with Crippen LogP contribution in [0.3, 0.4) is 0 Å². The van der Waals surface area contributed by atoms with Crippen molar-refractivity contribution in [3.05, 3.63) is 59.8 Å². The molecule has 1 fully saturated rings. The molecule has 1 amide bonds. The monoisotopic (exact) mass is 392 g/mol. The van der Waals surface area contributed by atoms with E-state index in [1.165, 1.54) is 10.9 Å². The Morgan fingerprint density at radius 2 is 2.03 bits per heavy atom. The summed E-state index contributed by atoms with van der Waals surface area (Å²) in [6.45, 7) is 2.07. The van der Waals surface area contributed by atoms with Crippen LogP contribution in [0.4, 0.5) is 0 Å². The first-order valence-corrected chi connectivity index (χ1v) is 10.1. The summed E-state index contributed by atoms with van der Waals surface area (Å²) in [5.41, 5.74) is 3.37. The maximum atomic E-state index is 13.1. The standard InChI is InChI=1S/C23H24N2O4/c26-23(21-6-3-11-27-21)25(14-16-7-8-20-22(12-16)29-15-28-20)10-9-17-13-24-19-5-2-1-4-18(17)19/h1-2,4-5,7-8,12-13,21,24H,3,6,9-11,14-15H2/t21-/m0/s1. The lowest BCUT2D eigenvalue weighted by atomic mass is 10.1. The Hall–Kier alpha value is -2.99. The molecule has 2 aliphatic heterocycles. The van der Waals surface area contributed by atoms with Gasteiger partial charge in [-0.3, -0.25) is 4.79 Å². The molecule has 0 spiro atoms. The van der Waals surface area contributed by atoms with E-state index in [1.807, 2.05) is 41.4 Å². The minimum Gasteiger partial charge on any atom is -0.454 e. The summed E-state index contributed by atoms with van der Waals surface area (Å²) < 4.78 is 16.6. The molecule has 1 aromatic heterocycles. The second-order valence-electron chi connectivity index (χ2n) is 7.56. The van der Waals surface area contributed by atoms with Crippen molar-refractivity contribution in [3.8, 4) is 11.5 Å². The first-order chi connectivity index (χ1) is 14.3. The molecule has 5 rings (SSSR count). The Bertz CT molecular complexity index is 1020. The highest BCUT2D eigenvalue weighted by atomic mass is 16.7. The lowest BCUT2D eigenvalue weighted by Crippen LogP contribution is -2.39. The fourth-order valence-electron chi connectivity index (χ4n) is 4.10. The van der Waals surface area contributed by atoms with Gasteiger partial charge in [0.2, 0.25) is 6.79 Å². The van der Waals surface area contributed by atoms with Gasteiger partial charge in [-0.25, -0.2) is 0 Å². The number of para-hydroxylation sites is 1. The molecule has 2 aromatic carbocycles. The van der Waals surface area contributed by atoms with Crippen LogP contribution in [0.15, 0.2) is 48.7 Å². The summed E-state index contributed by atoms with van der Waals surface area (Å²) in [5.74, 6) is 1.56. The molecule has 0 bridgehead atoms. The van der Waals surface area contributed by atoms with Gasteiger partial charge in [-0.05, 0) is 48.6 Å². The Morgan fingerprint density at radius 3 is 2.93 bits per heavy atom. The van der Waals surface area contributed by atoms with Crippen LogP contribution in [0.25, 0.3) is 10.9 Å². The summed E-state index contributed by atoms with van der Waals surface area (Å²) in [5, 5.41) is 1.21. The summed E-state index contributed by atoms with van der Waals surface area (Å²) in [7, 11) is 0. The Morgan fingerprint density at radius 1 is 1.14 bits per heavy atom. The maximum absolute atomic E-state index is 13.1. The quantitative estimate of drug-likeness (QED) is 0.696. The predicted molar refractivity (Wildman–Crippen MR) is 109 cm³/mol. The molecule has 150 valence electrons. The topological polar surface area (TPSA) is 63.8 Å². The van der Waals surface area contributed by atoms with Gasteiger partial charge < -0.3 is 24.1 Å². The number of nitrogens with one attached hydrogen (secondary N) is 1. The Balaban J connectivity index is 1.35. The fourth-order valence-corrected chi connectivity index (χ4v) is 4.10. The smallest absolute Gasteiger partial charge is 0.252 e. The van der Waals surface area contributed by atoms with Crippen LogP contribution in [-0.2, 0) is 22.5 Å². The molecule has 1 saturated heterocycles. The number of hydrogen-bond acceptors (Lipinski definition) is 4. The third-order valence-electron chi connectivity index (χ3n) is 5.65. The number of rotatable bonds is 6. The zero-order chi connectivity index (χ0) is 19.6. The molecule has 0 unspecified atom stereocenters. The van der Waals surface area contributed by atoms with Gasteiger partial charge in [-0.15, -0.1) is 0 Å². The van der Waals surface area contributed by atoms with Gasteiger partial charge in [0.05, 0.1) is 0 Å². The van der Waals surface area contributed by atoms with Crippen LogP contribution in [0.5, 0.6) is 11.5 Å². The molecule has 29 heavy (non-hydrogen) atoms. The molecule has 2 aliphatic rings. The van der Waals surface area contributed by atoms with Gasteiger partial charge in [0, 0.05) is 36.8 Å². The van der Waals surface area contributed by atoms with Crippen molar-refractivity contribution in [1.29, 1.82) is 0 Å². The second kappa shape index (κ2) is 7.79. The van der Waals surface area contributed by atoms with E-state index in [9.17, 15) is 4.79 Å². The van der Waals surface area contributed by atoms with E-state index in [2.05, 4.69) is 17.1 Å². The number of H-pyrrole nitrogens is 1. The molecular formula is C23H24N2O4. The van der Waals surface area contributed by atoms with Gasteiger partial charge in [0.25, 0.3) is 5.91 Å². The molecule has 1 N–H and O–H groups in total. The molecule has 3 heterocycles. The maximum Gasteiger partial charge on any atom is 0.252 e. The largest absolute Gasteiger partial charge is 0.454 e. The van der Waals surface area contributed by atoms with E-state index in [-0.39, 0.29) is 18.8 Å². The van der Waals surface area contributed by atoms with Gasteiger partial charge in [0.1, 0.15) is 6.10 Å². The molecule has 6 nitrogen and oxygen atoms in total. The SMILES string of the molecule is O=C([C@@H]1CCCO1)N(CCc1c[nH]c2ccccc12)Cc1ccc2c(c1)OCO2. The van der Waals surface area contributed by atoms with Crippen molar-refractivity contribution < 1.29 is 19.0 Å².